The van der Waals surface area contributed by atoms with E-state index in [2.05, 4.69) is 25.5 Å². The number of para-hydroxylation sites is 1. The monoisotopic (exact) mass is 355 g/mol. The zero-order valence-corrected chi connectivity index (χ0v) is 13.7. The van der Waals surface area contributed by atoms with Crippen LogP contribution in [0.4, 0.5) is 10.1 Å². The number of tetrazole rings is 1. The van der Waals surface area contributed by atoms with Crippen molar-refractivity contribution in [1.82, 2.24) is 20.2 Å². The van der Waals surface area contributed by atoms with Gasteiger partial charge in [0.15, 0.2) is 0 Å². The van der Waals surface area contributed by atoms with E-state index in [1.54, 1.807) is 24.3 Å². The van der Waals surface area contributed by atoms with E-state index in [4.69, 9.17) is 0 Å². The highest BCUT2D eigenvalue weighted by atomic mass is 19.1. The standard InChI is InChI=1S/C17H14FN5O3/c1-26-17(25)13-7-2-3-8-14(13)19-15(24)10-23-21-16(20-22-23)11-5-4-6-12(18)9-11/h2-9H,10H2,1H3,(H,19,24). The van der Waals surface area contributed by atoms with Gasteiger partial charge in [0.1, 0.15) is 12.4 Å². The Bertz CT molecular complexity index is 957. The van der Waals surface area contributed by atoms with Crippen molar-refractivity contribution >= 4 is 17.6 Å². The van der Waals surface area contributed by atoms with E-state index in [9.17, 15) is 14.0 Å². The summed E-state index contributed by atoms with van der Waals surface area (Å²) in [5, 5.41) is 14.2. The molecule has 1 aromatic heterocycles. The highest BCUT2D eigenvalue weighted by molar-refractivity contribution is 6.01. The maximum Gasteiger partial charge on any atom is 0.339 e. The summed E-state index contributed by atoms with van der Waals surface area (Å²) in [6.45, 7) is -0.224. The third-order valence-corrected chi connectivity index (χ3v) is 3.43. The lowest BCUT2D eigenvalue weighted by Gasteiger charge is -2.08. The molecular formula is C17H14FN5O3. The molecule has 3 rings (SSSR count). The summed E-state index contributed by atoms with van der Waals surface area (Å²) >= 11 is 0. The lowest BCUT2D eigenvalue weighted by molar-refractivity contribution is -0.117. The Hall–Kier alpha value is -3.62. The van der Waals surface area contributed by atoms with E-state index in [0.717, 1.165) is 4.80 Å². The molecule has 0 bridgehead atoms. The number of aromatic nitrogens is 4. The number of anilines is 1. The molecule has 0 fully saturated rings. The van der Waals surface area contributed by atoms with Gasteiger partial charge in [-0.3, -0.25) is 4.79 Å². The summed E-state index contributed by atoms with van der Waals surface area (Å²) in [4.78, 5) is 25.0. The second-order valence-electron chi connectivity index (χ2n) is 5.24. The fourth-order valence-electron chi connectivity index (χ4n) is 2.25. The maximum atomic E-state index is 13.3. The molecule has 0 saturated carbocycles. The number of amides is 1. The molecule has 2 aromatic carbocycles. The zero-order chi connectivity index (χ0) is 18.5. The molecule has 0 aliphatic rings. The van der Waals surface area contributed by atoms with Crippen molar-refractivity contribution in [3.63, 3.8) is 0 Å². The number of halogens is 1. The molecule has 0 spiro atoms. The largest absolute Gasteiger partial charge is 0.465 e. The van der Waals surface area contributed by atoms with Gasteiger partial charge in [0, 0.05) is 5.56 Å². The topological polar surface area (TPSA) is 99.0 Å². The van der Waals surface area contributed by atoms with E-state index < -0.39 is 17.7 Å². The molecule has 0 aliphatic carbocycles. The van der Waals surface area contributed by atoms with Crippen LogP contribution >= 0.6 is 0 Å². The van der Waals surface area contributed by atoms with Gasteiger partial charge < -0.3 is 10.1 Å². The number of benzene rings is 2. The highest BCUT2D eigenvalue weighted by Gasteiger charge is 2.15. The summed E-state index contributed by atoms with van der Waals surface area (Å²) in [6.07, 6.45) is 0. The Labute approximate surface area is 147 Å². The Morgan fingerprint density at radius 1 is 1.19 bits per heavy atom. The molecule has 1 N–H and O–H groups in total. The minimum absolute atomic E-state index is 0.201. The molecule has 9 heteroatoms. The number of ether oxygens (including phenoxy) is 1. The van der Waals surface area contributed by atoms with Crippen LogP contribution in [0.2, 0.25) is 0 Å². The van der Waals surface area contributed by atoms with Crippen LogP contribution in [0.25, 0.3) is 11.4 Å². The zero-order valence-electron chi connectivity index (χ0n) is 13.7. The minimum Gasteiger partial charge on any atom is -0.465 e. The van der Waals surface area contributed by atoms with Crippen molar-refractivity contribution < 1.29 is 18.7 Å². The van der Waals surface area contributed by atoms with E-state index in [-0.39, 0.29) is 17.9 Å². The summed E-state index contributed by atoms with van der Waals surface area (Å²) in [5.41, 5.74) is 0.998. The molecule has 1 heterocycles. The number of rotatable bonds is 5. The normalized spacial score (nSPS) is 10.4. The smallest absolute Gasteiger partial charge is 0.339 e. The number of esters is 1. The minimum atomic E-state index is -0.562. The van der Waals surface area contributed by atoms with Crippen LogP contribution in [0.3, 0.4) is 0 Å². The van der Waals surface area contributed by atoms with Crippen molar-refractivity contribution in [1.29, 1.82) is 0 Å². The molecule has 0 radical (unpaired) electrons. The van der Waals surface area contributed by atoms with E-state index in [0.29, 0.717) is 11.3 Å². The second kappa shape index (κ2) is 7.51. The summed E-state index contributed by atoms with van der Waals surface area (Å²) in [5.74, 6) is -1.24. The van der Waals surface area contributed by atoms with Gasteiger partial charge in [0.25, 0.3) is 0 Å². The molecule has 1 amide bonds. The Kier molecular flexibility index (Phi) is 4.97. The molecule has 8 nitrogen and oxygen atoms in total. The fraction of sp³-hybridized carbons (Fsp3) is 0.118. The second-order valence-corrected chi connectivity index (χ2v) is 5.24. The number of methoxy groups -OCH3 is 1. The van der Waals surface area contributed by atoms with Crippen molar-refractivity contribution in [2.24, 2.45) is 0 Å². The van der Waals surface area contributed by atoms with Crippen LogP contribution in [0, 0.1) is 5.82 Å². The SMILES string of the molecule is COC(=O)c1ccccc1NC(=O)Cn1nnc(-c2cccc(F)c2)n1. The molecule has 26 heavy (non-hydrogen) atoms. The van der Waals surface area contributed by atoms with Crippen LogP contribution in [0.15, 0.2) is 48.5 Å². The quantitative estimate of drug-likeness (QED) is 0.702. The van der Waals surface area contributed by atoms with Gasteiger partial charge >= 0.3 is 5.97 Å². The number of hydrogen-bond donors (Lipinski definition) is 1. The summed E-state index contributed by atoms with van der Waals surface area (Å²) in [6, 6.07) is 12.2. The lowest BCUT2D eigenvalue weighted by atomic mass is 10.2. The van der Waals surface area contributed by atoms with Crippen LogP contribution in [0.5, 0.6) is 0 Å². The molecular weight excluding hydrogens is 341 g/mol. The molecule has 0 atom stereocenters. The van der Waals surface area contributed by atoms with Gasteiger partial charge in [-0.2, -0.15) is 4.80 Å². The number of nitrogens with zero attached hydrogens (tertiary/aromatic N) is 4. The predicted molar refractivity (Wildman–Crippen MR) is 89.6 cm³/mol. The Balaban J connectivity index is 1.71. The number of hydrogen-bond acceptors (Lipinski definition) is 6. The predicted octanol–water partition coefficient (Wildman–Crippen LogP) is 1.90. The van der Waals surface area contributed by atoms with E-state index in [1.165, 1.54) is 31.4 Å². The van der Waals surface area contributed by atoms with Gasteiger partial charge in [-0.15, -0.1) is 10.2 Å². The first-order chi connectivity index (χ1) is 12.6. The van der Waals surface area contributed by atoms with Gasteiger partial charge in [-0.1, -0.05) is 24.3 Å². The van der Waals surface area contributed by atoms with E-state index >= 15 is 0 Å². The Morgan fingerprint density at radius 2 is 2.00 bits per heavy atom. The van der Waals surface area contributed by atoms with E-state index in [1.807, 2.05) is 0 Å². The fourth-order valence-corrected chi connectivity index (χ4v) is 2.25. The average Bonchev–Trinajstić information content (AvgIpc) is 3.10. The van der Waals surface area contributed by atoms with Crippen LogP contribution in [-0.2, 0) is 16.1 Å². The molecule has 0 unspecified atom stereocenters. The highest BCUT2D eigenvalue weighted by Crippen LogP contribution is 2.16. The Morgan fingerprint density at radius 3 is 2.77 bits per heavy atom. The maximum absolute atomic E-state index is 13.3. The van der Waals surface area contributed by atoms with Crippen LogP contribution in [-0.4, -0.2) is 39.2 Å². The number of carbonyl (C=O) groups excluding carboxylic acids is 2. The first-order valence-corrected chi connectivity index (χ1v) is 7.58. The average molecular weight is 355 g/mol. The molecule has 0 saturated heterocycles. The van der Waals surface area contributed by atoms with Crippen molar-refractivity contribution in [3.05, 3.63) is 59.9 Å². The van der Waals surface area contributed by atoms with Crippen molar-refractivity contribution in [3.8, 4) is 11.4 Å². The number of nitrogens with one attached hydrogen (secondary N) is 1. The third-order valence-electron chi connectivity index (χ3n) is 3.43. The van der Waals surface area contributed by atoms with Crippen LogP contribution in [0.1, 0.15) is 10.4 Å². The lowest BCUT2D eigenvalue weighted by Crippen LogP contribution is -2.22. The van der Waals surface area contributed by atoms with Crippen LogP contribution < -0.4 is 5.32 Å². The molecule has 3 aromatic rings. The first kappa shape index (κ1) is 17.2. The van der Waals surface area contributed by atoms with Gasteiger partial charge in [-0.05, 0) is 29.5 Å². The van der Waals surface area contributed by atoms with Crippen molar-refractivity contribution in [2.75, 3.05) is 12.4 Å². The number of carbonyl (C=O) groups is 2. The molecule has 132 valence electrons. The van der Waals surface area contributed by atoms with Gasteiger partial charge in [0.2, 0.25) is 11.7 Å². The third kappa shape index (κ3) is 3.89. The molecule has 0 aliphatic heterocycles. The van der Waals surface area contributed by atoms with Gasteiger partial charge in [0.05, 0.1) is 18.4 Å². The summed E-state index contributed by atoms with van der Waals surface area (Å²) in [7, 11) is 1.26. The first-order valence-electron chi connectivity index (χ1n) is 7.58. The van der Waals surface area contributed by atoms with Crippen molar-refractivity contribution in [2.45, 2.75) is 6.54 Å². The summed E-state index contributed by atoms with van der Waals surface area (Å²) < 4.78 is 17.9. The van der Waals surface area contributed by atoms with Gasteiger partial charge in [-0.25, -0.2) is 9.18 Å².